The molecular formula is C18H24N4O2S. The van der Waals surface area contributed by atoms with Crippen LogP contribution in [0.25, 0.3) is 10.2 Å². The highest BCUT2D eigenvalue weighted by Crippen LogP contribution is 2.32. The second-order valence-electron chi connectivity index (χ2n) is 6.84. The minimum Gasteiger partial charge on any atom is -0.381 e. The maximum Gasteiger partial charge on any atom is 0.241 e. The van der Waals surface area contributed by atoms with Gasteiger partial charge in [0, 0.05) is 32.0 Å². The fraction of sp³-hybridized carbons (Fsp3) is 0.556. The number of aromatic nitrogens is 1. The molecule has 0 spiro atoms. The molecule has 1 unspecified atom stereocenters. The van der Waals surface area contributed by atoms with Crippen molar-refractivity contribution in [3.05, 3.63) is 18.2 Å². The third-order valence-electron chi connectivity index (χ3n) is 5.10. The number of nitrogens with two attached hydrogens (primary N) is 1. The summed E-state index contributed by atoms with van der Waals surface area (Å²) in [4.78, 5) is 19.5. The maximum atomic E-state index is 12.5. The zero-order valence-corrected chi connectivity index (χ0v) is 15.1. The fourth-order valence-electron chi connectivity index (χ4n) is 3.55. The van der Waals surface area contributed by atoms with Crippen LogP contribution in [0.5, 0.6) is 0 Å². The van der Waals surface area contributed by atoms with Crippen molar-refractivity contribution in [3.8, 4) is 0 Å². The molecule has 2 aliphatic heterocycles. The Morgan fingerprint density at radius 2 is 2.08 bits per heavy atom. The van der Waals surface area contributed by atoms with E-state index in [-0.39, 0.29) is 11.8 Å². The van der Waals surface area contributed by atoms with Crippen LogP contribution in [0.4, 0.5) is 10.8 Å². The van der Waals surface area contributed by atoms with Gasteiger partial charge in [0.2, 0.25) is 5.91 Å². The molecule has 1 aromatic carbocycles. The lowest BCUT2D eigenvalue weighted by Crippen LogP contribution is -2.43. The molecule has 2 aliphatic rings. The average molecular weight is 360 g/mol. The van der Waals surface area contributed by atoms with Crippen molar-refractivity contribution in [1.29, 1.82) is 0 Å². The first-order valence-electron chi connectivity index (χ1n) is 9.00. The molecule has 0 saturated carbocycles. The zero-order valence-electron chi connectivity index (χ0n) is 14.2. The number of carbonyl (C=O) groups excluding carboxylic acids is 1. The lowest BCUT2D eigenvalue weighted by atomic mass is 9.92. The Kier molecular flexibility index (Phi) is 4.87. The minimum absolute atomic E-state index is 0.115. The highest BCUT2D eigenvalue weighted by Gasteiger charge is 2.26. The molecule has 2 fully saturated rings. The molecule has 134 valence electrons. The largest absolute Gasteiger partial charge is 0.381 e. The number of amides is 1. The van der Waals surface area contributed by atoms with Crippen LogP contribution >= 0.6 is 11.3 Å². The number of nitrogens with zero attached hydrogens (tertiary/aromatic N) is 2. The molecule has 0 bridgehead atoms. The van der Waals surface area contributed by atoms with Crippen molar-refractivity contribution < 1.29 is 9.53 Å². The number of fused-ring (bicyclic) bond motifs is 1. The lowest BCUT2D eigenvalue weighted by Gasteiger charge is -2.26. The Labute approximate surface area is 151 Å². The number of hydrogen-bond donors (Lipinski definition) is 2. The molecule has 0 radical (unpaired) electrons. The summed E-state index contributed by atoms with van der Waals surface area (Å²) < 4.78 is 6.44. The zero-order chi connectivity index (χ0) is 17.2. The SMILES string of the molecule is NC(C(=O)Nc1ccc2nc(N3CCCC3)sc2c1)C1CCOCC1. The summed E-state index contributed by atoms with van der Waals surface area (Å²) in [6.07, 6.45) is 4.17. The van der Waals surface area contributed by atoms with Gasteiger partial charge in [-0.2, -0.15) is 0 Å². The summed E-state index contributed by atoms with van der Waals surface area (Å²) in [6, 6.07) is 5.40. The highest BCUT2D eigenvalue weighted by molar-refractivity contribution is 7.22. The van der Waals surface area contributed by atoms with E-state index in [1.54, 1.807) is 11.3 Å². The Morgan fingerprint density at radius 3 is 2.84 bits per heavy atom. The van der Waals surface area contributed by atoms with E-state index in [1.807, 2.05) is 18.2 Å². The van der Waals surface area contributed by atoms with Gasteiger partial charge >= 0.3 is 0 Å². The number of thiazole rings is 1. The monoisotopic (exact) mass is 360 g/mol. The first kappa shape index (κ1) is 16.8. The van der Waals surface area contributed by atoms with Gasteiger partial charge < -0.3 is 20.7 Å². The van der Waals surface area contributed by atoms with E-state index in [4.69, 9.17) is 15.5 Å². The van der Waals surface area contributed by atoms with Crippen LogP contribution in [0.2, 0.25) is 0 Å². The Morgan fingerprint density at radius 1 is 1.32 bits per heavy atom. The summed E-state index contributed by atoms with van der Waals surface area (Å²) in [5.41, 5.74) is 7.93. The van der Waals surface area contributed by atoms with Crippen LogP contribution in [0.15, 0.2) is 18.2 Å². The second kappa shape index (κ2) is 7.27. The Hall–Kier alpha value is -1.70. The first-order chi connectivity index (χ1) is 12.2. The Bertz CT molecular complexity index is 751. The molecule has 3 heterocycles. The van der Waals surface area contributed by atoms with Gasteiger partial charge in [0.25, 0.3) is 0 Å². The van der Waals surface area contributed by atoms with Gasteiger partial charge in [0.05, 0.1) is 16.3 Å². The normalized spacial score (nSPS) is 20.1. The van der Waals surface area contributed by atoms with Crippen molar-refractivity contribution in [2.45, 2.75) is 31.7 Å². The average Bonchev–Trinajstić information content (AvgIpc) is 3.30. The van der Waals surface area contributed by atoms with Crippen molar-refractivity contribution in [3.63, 3.8) is 0 Å². The summed E-state index contributed by atoms with van der Waals surface area (Å²) in [6.45, 7) is 3.56. The first-order valence-corrected chi connectivity index (χ1v) is 9.82. The highest BCUT2D eigenvalue weighted by atomic mass is 32.1. The summed E-state index contributed by atoms with van der Waals surface area (Å²) >= 11 is 1.69. The van der Waals surface area contributed by atoms with E-state index in [1.165, 1.54) is 12.8 Å². The van der Waals surface area contributed by atoms with Gasteiger partial charge in [-0.3, -0.25) is 4.79 Å². The molecular weight excluding hydrogens is 336 g/mol. The summed E-state index contributed by atoms with van der Waals surface area (Å²) in [5.74, 6) is 0.0817. The predicted octanol–water partition coefficient (Wildman–Crippen LogP) is 2.59. The number of ether oxygens (including phenoxy) is 1. The molecule has 2 aromatic rings. The number of carbonyl (C=O) groups is 1. The molecule has 3 N–H and O–H groups in total. The van der Waals surface area contributed by atoms with Crippen LogP contribution in [0, 0.1) is 5.92 Å². The predicted molar refractivity (Wildman–Crippen MR) is 101 cm³/mol. The summed E-state index contributed by atoms with van der Waals surface area (Å²) in [5, 5.41) is 4.05. The van der Waals surface area contributed by atoms with Crippen LogP contribution in [-0.2, 0) is 9.53 Å². The standard InChI is InChI=1S/C18H24N4O2S/c19-16(12-5-9-24-10-6-12)17(23)20-13-3-4-14-15(11-13)25-18(21-14)22-7-1-2-8-22/h3-4,11-12,16H,1-2,5-10,19H2,(H,20,23). The van der Waals surface area contributed by atoms with Crippen molar-refractivity contribution in [2.24, 2.45) is 11.7 Å². The van der Waals surface area contributed by atoms with Crippen LogP contribution in [0.1, 0.15) is 25.7 Å². The number of hydrogen-bond acceptors (Lipinski definition) is 6. The van der Waals surface area contributed by atoms with Gasteiger partial charge in [-0.1, -0.05) is 11.3 Å². The topological polar surface area (TPSA) is 80.5 Å². The molecule has 1 aromatic heterocycles. The second-order valence-corrected chi connectivity index (χ2v) is 7.85. The number of benzene rings is 1. The van der Waals surface area contributed by atoms with Crippen molar-refractivity contribution in [1.82, 2.24) is 4.98 Å². The molecule has 6 nitrogen and oxygen atoms in total. The van der Waals surface area contributed by atoms with Crippen LogP contribution in [-0.4, -0.2) is 43.2 Å². The van der Waals surface area contributed by atoms with E-state index in [0.29, 0.717) is 13.2 Å². The fourth-order valence-corrected chi connectivity index (χ4v) is 4.60. The third kappa shape index (κ3) is 3.63. The molecule has 25 heavy (non-hydrogen) atoms. The number of rotatable bonds is 4. The van der Waals surface area contributed by atoms with Crippen molar-refractivity contribution in [2.75, 3.05) is 36.5 Å². The van der Waals surface area contributed by atoms with Crippen LogP contribution < -0.4 is 16.0 Å². The van der Waals surface area contributed by atoms with Gasteiger partial charge in [0.15, 0.2) is 5.13 Å². The Balaban J connectivity index is 1.46. The third-order valence-corrected chi connectivity index (χ3v) is 6.18. The lowest BCUT2D eigenvalue weighted by molar-refractivity contribution is -0.119. The quantitative estimate of drug-likeness (QED) is 0.876. The van der Waals surface area contributed by atoms with E-state index in [2.05, 4.69) is 10.2 Å². The number of anilines is 2. The van der Waals surface area contributed by atoms with Gasteiger partial charge in [-0.05, 0) is 49.8 Å². The van der Waals surface area contributed by atoms with E-state index in [9.17, 15) is 4.79 Å². The maximum absolute atomic E-state index is 12.5. The molecule has 1 atom stereocenters. The van der Waals surface area contributed by atoms with Crippen molar-refractivity contribution >= 4 is 38.3 Å². The van der Waals surface area contributed by atoms with Gasteiger partial charge in [-0.15, -0.1) is 0 Å². The molecule has 7 heteroatoms. The molecule has 4 rings (SSSR count). The summed E-state index contributed by atoms with van der Waals surface area (Å²) in [7, 11) is 0. The van der Waals surface area contributed by atoms with E-state index in [0.717, 1.165) is 47.0 Å². The number of nitrogens with one attached hydrogen (secondary N) is 1. The molecule has 0 aliphatic carbocycles. The van der Waals surface area contributed by atoms with Gasteiger partial charge in [-0.25, -0.2) is 4.98 Å². The van der Waals surface area contributed by atoms with Crippen LogP contribution in [0.3, 0.4) is 0 Å². The molecule has 2 saturated heterocycles. The smallest absolute Gasteiger partial charge is 0.241 e. The molecule has 1 amide bonds. The minimum atomic E-state index is -0.485. The van der Waals surface area contributed by atoms with E-state index < -0.39 is 6.04 Å². The van der Waals surface area contributed by atoms with E-state index >= 15 is 0 Å². The van der Waals surface area contributed by atoms with Gasteiger partial charge in [0.1, 0.15) is 0 Å².